The molecule has 22 heavy (non-hydrogen) atoms. The molecular formula is C19H22O3. The monoisotopic (exact) mass is 298 g/mol. The quantitative estimate of drug-likeness (QED) is 0.674. The van der Waals surface area contributed by atoms with Crippen molar-refractivity contribution in [1.29, 1.82) is 0 Å². The first-order valence-electron chi connectivity index (χ1n) is 7.73. The minimum atomic E-state index is -0.893. The maximum Gasteiger partial charge on any atom is 0.328 e. The largest absolute Gasteiger partial charge is 0.492 e. The average molecular weight is 298 g/mol. The third kappa shape index (κ3) is 2.94. The number of fused-ring (bicyclic) bond motifs is 1. The van der Waals surface area contributed by atoms with Gasteiger partial charge in [0.05, 0.1) is 6.61 Å². The smallest absolute Gasteiger partial charge is 0.328 e. The van der Waals surface area contributed by atoms with Gasteiger partial charge >= 0.3 is 5.97 Å². The number of ether oxygens (including phenoxy) is 1. The first kappa shape index (κ1) is 14.9. The van der Waals surface area contributed by atoms with Crippen molar-refractivity contribution in [2.24, 2.45) is 5.92 Å². The van der Waals surface area contributed by atoms with E-state index >= 15 is 0 Å². The van der Waals surface area contributed by atoms with Crippen molar-refractivity contribution in [3.8, 4) is 5.75 Å². The molecule has 1 saturated carbocycles. The van der Waals surface area contributed by atoms with Crippen LogP contribution in [0.4, 0.5) is 0 Å². The lowest BCUT2D eigenvalue weighted by atomic mass is 9.85. The van der Waals surface area contributed by atoms with Gasteiger partial charge in [-0.25, -0.2) is 4.79 Å². The molecule has 1 N–H and O–H groups in total. The molecule has 1 aliphatic heterocycles. The van der Waals surface area contributed by atoms with Gasteiger partial charge in [0.2, 0.25) is 0 Å². The highest BCUT2D eigenvalue weighted by Crippen LogP contribution is 2.50. The number of hydrogen-bond acceptors (Lipinski definition) is 2. The van der Waals surface area contributed by atoms with Crippen molar-refractivity contribution in [2.75, 3.05) is 6.61 Å². The zero-order valence-corrected chi connectivity index (χ0v) is 13.3. The molecule has 0 spiro atoms. The van der Waals surface area contributed by atoms with Crippen LogP contribution in [-0.4, -0.2) is 17.7 Å². The number of hydrogen-bond donors (Lipinski definition) is 1. The summed E-state index contributed by atoms with van der Waals surface area (Å²) in [7, 11) is 0. The number of carboxylic acids is 1. The van der Waals surface area contributed by atoms with E-state index in [0.29, 0.717) is 11.8 Å². The topological polar surface area (TPSA) is 46.5 Å². The van der Waals surface area contributed by atoms with Crippen LogP contribution in [0.2, 0.25) is 0 Å². The van der Waals surface area contributed by atoms with Crippen molar-refractivity contribution < 1.29 is 14.6 Å². The summed E-state index contributed by atoms with van der Waals surface area (Å²) >= 11 is 0. The predicted molar refractivity (Wildman–Crippen MR) is 86.3 cm³/mol. The predicted octanol–water partition coefficient (Wildman–Crippen LogP) is 4.05. The highest BCUT2D eigenvalue weighted by molar-refractivity contribution is 5.81. The van der Waals surface area contributed by atoms with Crippen LogP contribution >= 0.6 is 0 Å². The molecule has 116 valence electrons. The third-order valence-electron chi connectivity index (χ3n) is 4.55. The summed E-state index contributed by atoms with van der Waals surface area (Å²) in [6.45, 7) is 7.00. The second-order valence-electron chi connectivity index (χ2n) is 7.02. The van der Waals surface area contributed by atoms with Crippen LogP contribution < -0.4 is 4.74 Å². The number of aliphatic carboxylic acids is 1. The molecule has 3 heteroatoms. The summed E-state index contributed by atoms with van der Waals surface area (Å²) in [5.41, 5.74) is 3.54. The van der Waals surface area contributed by atoms with Gasteiger partial charge in [0.15, 0.2) is 0 Å². The van der Waals surface area contributed by atoms with E-state index in [9.17, 15) is 4.79 Å². The molecular weight excluding hydrogens is 276 g/mol. The van der Waals surface area contributed by atoms with E-state index in [-0.39, 0.29) is 5.41 Å². The molecule has 3 rings (SSSR count). The van der Waals surface area contributed by atoms with Crippen molar-refractivity contribution >= 4 is 5.97 Å². The Labute approximate surface area is 131 Å². The van der Waals surface area contributed by atoms with Crippen LogP contribution in [0.25, 0.3) is 0 Å². The van der Waals surface area contributed by atoms with Gasteiger partial charge in [0.25, 0.3) is 0 Å². The van der Waals surface area contributed by atoms with Crippen molar-refractivity contribution in [2.45, 2.75) is 38.5 Å². The standard InChI is InChI=1S/C19H22O3/c1-12(8-18(20)21)4-5-13-9-15(13)14-6-7-17-16(10-14)19(2,3)11-22-17/h4-8,10,13,15H,9,11H2,1-3H3,(H,20,21)/b5-4+,12-8+/t13-,15+/m1/s1. The Morgan fingerprint density at radius 2 is 2.18 bits per heavy atom. The molecule has 1 heterocycles. The van der Waals surface area contributed by atoms with E-state index in [1.807, 2.05) is 13.0 Å². The Morgan fingerprint density at radius 1 is 1.41 bits per heavy atom. The summed E-state index contributed by atoms with van der Waals surface area (Å²) in [5.74, 6) is 1.19. The van der Waals surface area contributed by atoms with Gasteiger partial charge < -0.3 is 9.84 Å². The normalized spacial score (nSPS) is 25.9. The molecule has 1 aliphatic carbocycles. The minimum Gasteiger partial charge on any atom is -0.492 e. The molecule has 1 aromatic rings. The van der Waals surface area contributed by atoms with Crippen LogP contribution in [-0.2, 0) is 10.2 Å². The third-order valence-corrected chi connectivity index (χ3v) is 4.55. The van der Waals surface area contributed by atoms with E-state index in [1.54, 1.807) is 0 Å². The van der Waals surface area contributed by atoms with Gasteiger partial charge in [-0.2, -0.15) is 0 Å². The number of rotatable bonds is 4. The van der Waals surface area contributed by atoms with E-state index < -0.39 is 5.97 Å². The summed E-state index contributed by atoms with van der Waals surface area (Å²) in [4.78, 5) is 10.6. The lowest BCUT2D eigenvalue weighted by Crippen LogP contribution is -2.18. The first-order chi connectivity index (χ1) is 10.4. The molecule has 1 aromatic carbocycles. The second kappa shape index (κ2) is 5.31. The Hall–Kier alpha value is -2.03. The summed E-state index contributed by atoms with van der Waals surface area (Å²) in [6, 6.07) is 6.55. The Bertz CT molecular complexity index is 667. The SMILES string of the molecule is CC(/C=C/[C@@H]1C[C@@H]1c1ccc2c(c1)C(C)(C)CO2)=C\C(=O)O. The first-order valence-corrected chi connectivity index (χ1v) is 7.73. The number of carbonyl (C=O) groups is 1. The van der Waals surface area contributed by atoms with Crippen molar-refractivity contribution in [3.05, 3.63) is 53.1 Å². The Balaban J connectivity index is 1.71. The number of allylic oxidation sites excluding steroid dienone is 3. The molecule has 0 unspecified atom stereocenters. The zero-order chi connectivity index (χ0) is 15.9. The zero-order valence-electron chi connectivity index (χ0n) is 13.3. The van der Waals surface area contributed by atoms with E-state index in [1.165, 1.54) is 17.2 Å². The van der Waals surface area contributed by atoms with Crippen LogP contribution in [0.3, 0.4) is 0 Å². The maximum atomic E-state index is 10.6. The Kier molecular flexibility index (Phi) is 3.59. The molecule has 0 radical (unpaired) electrons. The minimum absolute atomic E-state index is 0.0897. The summed E-state index contributed by atoms with van der Waals surface area (Å²) < 4.78 is 5.73. The average Bonchev–Trinajstić information content (AvgIpc) is 3.15. The van der Waals surface area contributed by atoms with Gasteiger partial charge in [0, 0.05) is 17.1 Å². The summed E-state index contributed by atoms with van der Waals surface area (Å²) in [5, 5.41) is 8.71. The van der Waals surface area contributed by atoms with Gasteiger partial charge in [-0.3, -0.25) is 0 Å². The fourth-order valence-corrected chi connectivity index (χ4v) is 3.10. The van der Waals surface area contributed by atoms with Gasteiger partial charge in [0.1, 0.15) is 5.75 Å². The highest BCUT2D eigenvalue weighted by atomic mass is 16.5. The highest BCUT2D eigenvalue weighted by Gasteiger charge is 2.38. The van der Waals surface area contributed by atoms with Crippen LogP contribution in [0.1, 0.15) is 44.2 Å². The molecule has 0 aromatic heterocycles. The summed E-state index contributed by atoms with van der Waals surface area (Å²) in [6.07, 6.45) is 6.42. The lowest BCUT2D eigenvalue weighted by Gasteiger charge is -2.15. The molecule has 0 saturated heterocycles. The molecule has 0 amide bonds. The fourth-order valence-electron chi connectivity index (χ4n) is 3.10. The Morgan fingerprint density at radius 3 is 2.91 bits per heavy atom. The maximum absolute atomic E-state index is 10.6. The molecule has 1 fully saturated rings. The van der Waals surface area contributed by atoms with Gasteiger partial charge in [-0.05, 0) is 42.4 Å². The van der Waals surface area contributed by atoms with E-state index in [2.05, 4.69) is 38.1 Å². The number of benzene rings is 1. The van der Waals surface area contributed by atoms with Crippen LogP contribution in [0.15, 0.2) is 42.0 Å². The molecule has 3 nitrogen and oxygen atoms in total. The van der Waals surface area contributed by atoms with Crippen LogP contribution in [0.5, 0.6) is 5.75 Å². The van der Waals surface area contributed by atoms with E-state index in [4.69, 9.17) is 9.84 Å². The number of carboxylic acid groups (broad SMARTS) is 1. The van der Waals surface area contributed by atoms with Crippen LogP contribution in [0, 0.1) is 5.92 Å². The van der Waals surface area contributed by atoms with Gasteiger partial charge in [-0.15, -0.1) is 0 Å². The second-order valence-corrected chi connectivity index (χ2v) is 7.02. The van der Waals surface area contributed by atoms with Crippen molar-refractivity contribution in [3.63, 3.8) is 0 Å². The molecule has 0 bridgehead atoms. The molecule has 2 aliphatic rings. The fraction of sp³-hybridized carbons (Fsp3) is 0.421. The van der Waals surface area contributed by atoms with Crippen molar-refractivity contribution in [1.82, 2.24) is 0 Å². The lowest BCUT2D eigenvalue weighted by molar-refractivity contribution is -0.131. The van der Waals surface area contributed by atoms with E-state index in [0.717, 1.165) is 24.4 Å². The van der Waals surface area contributed by atoms with Gasteiger partial charge in [-0.1, -0.05) is 38.1 Å². The molecule has 2 atom stereocenters.